The van der Waals surface area contributed by atoms with Crippen LogP contribution in [0.15, 0.2) is 15.9 Å². The summed E-state index contributed by atoms with van der Waals surface area (Å²) >= 11 is 6.89. The van der Waals surface area contributed by atoms with Crippen LogP contribution in [-0.2, 0) is 12.8 Å². The first-order chi connectivity index (χ1) is 9.74. The Balaban J connectivity index is 2.15. The lowest BCUT2D eigenvalue weighted by molar-refractivity contribution is 0.534. The van der Waals surface area contributed by atoms with Gasteiger partial charge < -0.3 is 5.32 Å². The van der Waals surface area contributed by atoms with E-state index in [1.54, 1.807) is 22.9 Å². The molecule has 0 bridgehead atoms. The molecule has 2 heterocycles. The van der Waals surface area contributed by atoms with Gasteiger partial charge in [0, 0.05) is 17.3 Å². The predicted octanol–water partition coefficient (Wildman–Crippen LogP) is 4.60. The Morgan fingerprint density at radius 1 is 1.30 bits per heavy atom. The van der Waals surface area contributed by atoms with E-state index in [2.05, 4.69) is 56.8 Å². The molecule has 0 saturated heterocycles. The van der Waals surface area contributed by atoms with Crippen LogP contribution in [0.4, 0.5) is 0 Å². The number of thiophene rings is 1. The molecule has 0 fully saturated rings. The highest BCUT2D eigenvalue weighted by molar-refractivity contribution is 9.11. The second-order valence-corrected chi connectivity index (χ2v) is 8.08. The van der Waals surface area contributed by atoms with Gasteiger partial charge in [-0.1, -0.05) is 24.8 Å². The first-order valence-electron chi connectivity index (χ1n) is 7.03. The van der Waals surface area contributed by atoms with E-state index in [1.165, 1.54) is 19.2 Å². The van der Waals surface area contributed by atoms with Crippen LogP contribution in [0.5, 0.6) is 0 Å². The largest absolute Gasteiger partial charge is 0.309 e. The maximum absolute atomic E-state index is 4.30. The lowest BCUT2D eigenvalue weighted by atomic mass is 10.1. The third kappa shape index (κ3) is 4.35. The molecule has 1 unspecified atom stereocenters. The molecule has 0 aliphatic heterocycles. The van der Waals surface area contributed by atoms with E-state index in [0.29, 0.717) is 6.04 Å². The molecule has 1 N–H and O–H groups in total. The normalized spacial score (nSPS) is 12.8. The summed E-state index contributed by atoms with van der Waals surface area (Å²) in [5.74, 6) is 0. The number of halogens is 1. The van der Waals surface area contributed by atoms with E-state index in [-0.39, 0.29) is 0 Å². The molecular formula is C14H20BrN3S2. The van der Waals surface area contributed by atoms with E-state index >= 15 is 0 Å². The van der Waals surface area contributed by atoms with Crippen LogP contribution in [0.3, 0.4) is 0 Å². The van der Waals surface area contributed by atoms with Gasteiger partial charge in [-0.25, -0.2) is 0 Å². The van der Waals surface area contributed by atoms with Crippen molar-refractivity contribution in [3.8, 4) is 0 Å². The molecule has 0 radical (unpaired) electrons. The number of nitrogens with zero attached hydrogens (tertiary/aromatic N) is 2. The zero-order chi connectivity index (χ0) is 14.4. The summed E-state index contributed by atoms with van der Waals surface area (Å²) < 4.78 is 5.35. The van der Waals surface area contributed by atoms with Gasteiger partial charge >= 0.3 is 0 Å². The van der Waals surface area contributed by atoms with Crippen molar-refractivity contribution in [1.29, 1.82) is 0 Å². The van der Waals surface area contributed by atoms with Gasteiger partial charge in [0.15, 0.2) is 0 Å². The van der Waals surface area contributed by atoms with E-state index in [4.69, 9.17) is 0 Å². The Hall–Kier alpha value is -0.300. The van der Waals surface area contributed by atoms with Gasteiger partial charge in [-0.15, -0.1) is 16.4 Å². The Morgan fingerprint density at radius 2 is 2.15 bits per heavy atom. The number of rotatable bonds is 8. The topological polar surface area (TPSA) is 37.8 Å². The van der Waals surface area contributed by atoms with Crippen molar-refractivity contribution in [2.24, 2.45) is 0 Å². The molecule has 2 aromatic heterocycles. The molecule has 0 spiro atoms. The van der Waals surface area contributed by atoms with Crippen molar-refractivity contribution in [2.45, 2.75) is 45.6 Å². The van der Waals surface area contributed by atoms with Crippen LogP contribution < -0.4 is 5.32 Å². The maximum Gasteiger partial charge on any atom is 0.0803 e. The number of nitrogens with one attached hydrogen (secondary N) is 1. The quantitative estimate of drug-likeness (QED) is 0.734. The molecule has 2 aromatic rings. The van der Waals surface area contributed by atoms with E-state index in [9.17, 15) is 0 Å². The fourth-order valence-corrected chi connectivity index (χ4v) is 4.43. The Morgan fingerprint density at radius 3 is 2.80 bits per heavy atom. The van der Waals surface area contributed by atoms with Gasteiger partial charge in [-0.05, 0) is 59.0 Å². The first kappa shape index (κ1) is 16.1. The third-order valence-corrected chi connectivity index (χ3v) is 5.59. The SMILES string of the molecule is CCCNC(Cc1ccc(Br)s1)c1snnc1CCC. The molecule has 0 aliphatic rings. The Bertz CT molecular complexity index is 524. The van der Waals surface area contributed by atoms with Crippen molar-refractivity contribution >= 4 is 38.8 Å². The van der Waals surface area contributed by atoms with Crippen LogP contribution in [0.25, 0.3) is 0 Å². The fraction of sp³-hybridized carbons (Fsp3) is 0.571. The average Bonchev–Trinajstić information content (AvgIpc) is 3.04. The molecule has 3 nitrogen and oxygen atoms in total. The van der Waals surface area contributed by atoms with Crippen molar-refractivity contribution in [2.75, 3.05) is 6.54 Å². The van der Waals surface area contributed by atoms with Gasteiger partial charge in [0.1, 0.15) is 0 Å². The summed E-state index contributed by atoms with van der Waals surface area (Å²) in [5.41, 5.74) is 1.17. The van der Waals surface area contributed by atoms with Gasteiger partial charge in [0.2, 0.25) is 0 Å². The van der Waals surface area contributed by atoms with Crippen LogP contribution in [0, 0.1) is 0 Å². The first-order valence-corrected chi connectivity index (χ1v) is 9.41. The highest BCUT2D eigenvalue weighted by Gasteiger charge is 2.19. The predicted molar refractivity (Wildman–Crippen MR) is 90.7 cm³/mol. The molecule has 0 aliphatic carbocycles. The summed E-state index contributed by atoms with van der Waals surface area (Å²) in [5, 5.41) is 7.95. The van der Waals surface area contributed by atoms with Crippen LogP contribution in [-0.4, -0.2) is 16.1 Å². The minimum absolute atomic E-state index is 0.335. The zero-order valence-corrected chi connectivity index (χ0v) is 15.1. The molecule has 6 heteroatoms. The Kier molecular flexibility index (Phi) is 6.61. The lowest BCUT2D eigenvalue weighted by Crippen LogP contribution is -2.24. The van der Waals surface area contributed by atoms with Crippen molar-refractivity contribution < 1.29 is 0 Å². The minimum atomic E-state index is 0.335. The number of aromatic nitrogens is 2. The number of hydrogen-bond donors (Lipinski definition) is 1. The summed E-state index contributed by atoms with van der Waals surface area (Å²) in [6.07, 6.45) is 4.28. The number of hydrogen-bond acceptors (Lipinski definition) is 5. The fourth-order valence-electron chi connectivity index (χ4n) is 2.13. The third-order valence-electron chi connectivity index (χ3n) is 3.06. The summed E-state index contributed by atoms with van der Waals surface area (Å²) in [6, 6.07) is 4.65. The molecule has 20 heavy (non-hydrogen) atoms. The van der Waals surface area contributed by atoms with Gasteiger partial charge in [0.05, 0.1) is 14.4 Å². The second kappa shape index (κ2) is 8.22. The van der Waals surface area contributed by atoms with Crippen molar-refractivity contribution in [3.05, 3.63) is 31.4 Å². The Labute approximate surface area is 137 Å². The highest BCUT2D eigenvalue weighted by atomic mass is 79.9. The summed E-state index contributed by atoms with van der Waals surface area (Å²) in [4.78, 5) is 2.70. The van der Waals surface area contributed by atoms with Crippen LogP contribution in [0.2, 0.25) is 0 Å². The van der Waals surface area contributed by atoms with E-state index < -0.39 is 0 Å². The van der Waals surface area contributed by atoms with Crippen LogP contribution >= 0.6 is 38.8 Å². The lowest BCUT2D eigenvalue weighted by Gasteiger charge is -2.17. The highest BCUT2D eigenvalue weighted by Crippen LogP contribution is 2.29. The summed E-state index contributed by atoms with van der Waals surface area (Å²) in [6.45, 7) is 5.42. The van der Waals surface area contributed by atoms with Crippen molar-refractivity contribution in [1.82, 2.24) is 14.9 Å². The monoisotopic (exact) mass is 373 g/mol. The molecular weight excluding hydrogens is 354 g/mol. The van der Waals surface area contributed by atoms with Gasteiger partial charge in [0.25, 0.3) is 0 Å². The molecule has 2 rings (SSSR count). The molecule has 0 amide bonds. The van der Waals surface area contributed by atoms with Crippen molar-refractivity contribution in [3.63, 3.8) is 0 Å². The second-order valence-electron chi connectivity index (χ2n) is 4.75. The molecule has 0 aromatic carbocycles. The van der Waals surface area contributed by atoms with E-state index in [0.717, 1.165) is 32.2 Å². The standard InChI is InChI=1S/C14H20BrN3S2/c1-3-5-11-14(20-18-17-11)12(16-8-4-2)9-10-6-7-13(15)19-10/h6-7,12,16H,3-5,8-9H2,1-2H3. The minimum Gasteiger partial charge on any atom is -0.309 e. The average molecular weight is 374 g/mol. The maximum atomic E-state index is 4.30. The summed E-state index contributed by atoms with van der Waals surface area (Å²) in [7, 11) is 0. The molecule has 0 saturated carbocycles. The molecule has 110 valence electrons. The van der Waals surface area contributed by atoms with Gasteiger partial charge in [-0.2, -0.15) is 0 Å². The van der Waals surface area contributed by atoms with E-state index in [1.807, 2.05) is 0 Å². The molecule has 1 atom stereocenters. The van der Waals surface area contributed by atoms with Crippen LogP contribution in [0.1, 0.15) is 48.2 Å². The number of aryl methyl sites for hydroxylation is 1. The van der Waals surface area contributed by atoms with Gasteiger partial charge in [-0.3, -0.25) is 0 Å². The smallest absolute Gasteiger partial charge is 0.0803 e. The zero-order valence-electron chi connectivity index (χ0n) is 11.9.